The number of allylic oxidation sites excluding steroid dienone is 5. The van der Waals surface area contributed by atoms with Gasteiger partial charge in [-0.1, -0.05) is 49.4 Å². The molecule has 1 fully saturated rings. The molecule has 222 valence electrons. The largest absolute Gasteiger partial charge is 0.494 e. The second-order valence-electron chi connectivity index (χ2n) is 9.06. The molecule has 0 radical (unpaired) electrons. The molecule has 1 unspecified atom stereocenters. The van der Waals surface area contributed by atoms with Crippen LogP contribution < -0.4 is 20.7 Å². The quantitative estimate of drug-likeness (QED) is 0.152. The molecule has 1 aliphatic rings. The number of hydrogen-bond acceptors (Lipinski definition) is 8. The predicted octanol–water partition coefficient (Wildman–Crippen LogP) is 3.28. The van der Waals surface area contributed by atoms with E-state index in [0.29, 0.717) is 37.7 Å². The fourth-order valence-electron chi connectivity index (χ4n) is 3.97. The molecule has 2 aromatic rings. The molecule has 0 spiro atoms. The minimum Gasteiger partial charge on any atom is -0.494 e. The number of imide groups is 1. The first-order chi connectivity index (χ1) is 20.3. The van der Waals surface area contributed by atoms with E-state index in [0.717, 1.165) is 23.3 Å². The summed E-state index contributed by atoms with van der Waals surface area (Å²) in [4.78, 5) is 61.0. The molecule has 1 atom stereocenters. The van der Waals surface area contributed by atoms with Gasteiger partial charge in [-0.2, -0.15) is 0 Å². The highest BCUT2D eigenvalue weighted by atomic mass is 16.5. The molecule has 2 heterocycles. The summed E-state index contributed by atoms with van der Waals surface area (Å²) < 4.78 is 5.73. The summed E-state index contributed by atoms with van der Waals surface area (Å²) in [5, 5.41) is 7.75. The second kappa shape index (κ2) is 17.9. The van der Waals surface area contributed by atoms with E-state index in [1.807, 2.05) is 31.2 Å². The molecule has 1 aromatic heterocycles. The van der Waals surface area contributed by atoms with Crippen LogP contribution in [0.15, 0.2) is 71.8 Å². The molecule has 42 heavy (non-hydrogen) atoms. The average molecular weight is 575 g/mol. The molecule has 0 aliphatic carbocycles. The monoisotopic (exact) mass is 574 g/mol. The zero-order valence-electron chi connectivity index (χ0n) is 24.4. The Hall–Kier alpha value is -4.70. The third kappa shape index (κ3) is 10.0. The van der Waals surface area contributed by atoms with Gasteiger partial charge in [-0.05, 0) is 57.5 Å². The number of aromatic nitrogens is 1. The fourth-order valence-corrected chi connectivity index (χ4v) is 3.97. The maximum atomic E-state index is 12.6. The standard InChI is InChI=1S/C26H28N2O4.C6H10N2O2/c1-4-7-9-21(17-29)22(18-30)14-15-27-26(31)24-11-8-10-23(28-24)20-13-12-19(5-2)25(16-20)32-6-3;1-7-4-2-3-5(9)8-6(4)10/h4,7-14,16-18H,5-6,15H2,1-3H3,(H,27,31);4,7H,2-3H2,1H3,(H,8,9,10)/b7-4-,21-9-,22-14+;. The van der Waals surface area contributed by atoms with Gasteiger partial charge in [0.2, 0.25) is 11.8 Å². The topological polar surface area (TPSA) is 144 Å². The average Bonchev–Trinajstić information content (AvgIpc) is 3.01. The minimum absolute atomic E-state index is 0.0829. The molecule has 10 nitrogen and oxygen atoms in total. The van der Waals surface area contributed by atoms with E-state index in [9.17, 15) is 24.0 Å². The van der Waals surface area contributed by atoms with Crippen molar-refractivity contribution >= 4 is 30.3 Å². The first kappa shape index (κ1) is 33.5. The van der Waals surface area contributed by atoms with Crippen molar-refractivity contribution in [2.24, 2.45) is 0 Å². The summed E-state index contributed by atoms with van der Waals surface area (Å²) in [7, 11) is 1.71. The molecule has 10 heteroatoms. The van der Waals surface area contributed by atoms with Gasteiger partial charge in [-0.25, -0.2) is 4.98 Å². The maximum Gasteiger partial charge on any atom is 0.270 e. The number of likely N-dealkylation sites (N-methyl/N-ethyl adjacent to an activating group) is 1. The number of nitrogens with zero attached hydrogens (tertiary/aromatic N) is 1. The van der Waals surface area contributed by atoms with E-state index < -0.39 is 0 Å². The van der Waals surface area contributed by atoms with Crippen LogP contribution in [0.2, 0.25) is 0 Å². The number of nitrogens with one attached hydrogen (secondary N) is 3. The lowest BCUT2D eigenvalue weighted by molar-refractivity contribution is -0.134. The lowest BCUT2D eigenvalue weighted by Gasteiger charge is -2.19. The van der Waals surface area contributed by atoms with Crippen molar-refractivity contribution < 1.29 is 28.7 Å². The first-order valence-electron chi connectivity index (χ1n) is 13.8. The number of carbonyl (C=O) groups is 5. The number of carbonyl (C=O) groups excluding carboxylic acids is 5. The van der Waals surface area contributed by atoms with E-state index in [-0.39, 0.29) is 47.1 Å². The van der Waals surface area contributed by atoms with Crippen LogP contribution >= 0.6 is 0 Å². The van der Waals surface area contributed by atoms with Crippen molar-refractivity contribution in [1.29, 1.82) is 0 Å². The number of piperidine rings is 1. The van der Waals surface area contributed by atoms with Crippen molar-refractivity contribution in [3.8, 4) is 17.0 Å². The lowest BCUT2D eigenvalue weighted by Crippen LogP contribution is -2.49. The van der Waals surface area contributed by atoms with E-state index >= 15 is 0 Å². The Labute approximate surface area is 246 Å². The summed E-state index contributed by atoms with van der Waals surface area (Å²) >= 11 is 0. The Morgan fingerprint density at radius 2 is 1.88 bits per heavy atom. The maximum absolute atomic E-state index is 12.6. The van der Waals surface area contributed by atoms with Crippen molar-refractivity contribution in [3.63, 3.8) is 0 Å². The molecule has 3 amide bonds. The van der Waals surface area contributed by atoms with E-state index in [4.69, 9.17) is 4.74 Å². The van der Waals surface area contributed by atoms with E-state index in [1.165, 1.54) is 6.08 Å². The van der Waals surface area contributed by atoms with Crippen LogP contribution in [0.1, 0.15) is 49.7 Å². The Morgan fingerprint density at radius 1 is 1.12 bits per heavy atom. The van der Waals surface area contributed by atoms with Gasteiger partial charge in [0.05, 0.1) is 18.3 Å². The Balaban J connectivity index is 0.000000518. The number of hydrogen-bond donors (Lipinski definition) is 3. The molecule has 1 aromatic carbocycles. The Bertz CT molecular complexity index is 1360. The van der Waals surface area contributed by atoms with E-state index in [2.05, 4.69) is 27.9 Å². The SMILES string of the molecule is CNC1CCC(=O)NC1=O.C\C=C/C=C(C=O)\C(C=O)=C\CNC(=O)c1cccc(-c2ccc(CC)c(OCC)c2)n1. The lowest BCUT2D eigenvalue weighted by atomic mass is 10.1. The number of pyridine rings is 1. The molecule has 0 saturated carbocycles. The number of benzene rings is 1. The Kier molecular flexibility index (Phi) is 14.3. The Morgan fingerprint density at radius 3 is 2.50 bits per heavy atom. The van der Waals surface area contributed by atoms with Gasteiger partial charge in [0.25, 0.3) is 5.91 Å². The summed E-state index contributed by atoms with van der Waals surface area (Å²) in [5.74, 6) is 0.0523. The molecule has 0 bridgehead atoms. The van der Waals surface area contributed by atoms with Gasteiger partial charge in [-0.15, -0.1) is 0 Å². The number of aldehydes is 2. The first-order valence-corrected chi connectivity index (χ1v) is 13.8. The van der Waals surface area contributed by atoms with Crippen LogP contribution in [0.3, 0.4) is 0 Å². The summed E-state index contributed by atoms with van der Waals surface area (Å²) in [6, 6.07) is 10.9. The smallest absolute Gasteiger partial charge is 0.270 e. The van der Waals surface area contributed by atoms with Crippen molar-refractivity contribution in [2.45, 2.75) is 46.1 Å². The number of ether oxygens (including phenoxy) is 1. The molecular weight excluding hydrogens is 536 g/mol. The highest BCUT2D eigenvalue weighted by molar-refractivity contribution is 6.00. The van der Waals surface area contributed by atoms with Crippen LogP contribution in [-0.4, -0.2) is 61.5 Å². The van der Waals surface area contributed by atoms with Crippen LogP contribution in [-0.2, 0) is 25.6 Å². The van der Waals surface area contributed by atoms with Crippen LogP contribution in [0.25, 0.3) is 11.3 Å². The van der Waals surface area contributed by atoms with Crippen LogP contribution in [0.5, 0.6) is 5.75 Å². The second-order valence-corrected chi connectivity index (χ2v) is 9.06. The third-order valence-electron chi connectivity index (χ3n) is 6.25. The van der Waals surface area contributed by atoms with Gasteiger partial charge >= 0.3 is 0 Å². The zero-order chi connectivity index (χ0) is 30.9. The molecule has 3 rings (SSSR count). The third-order valence-corrected chi connectivity index (χ3v) is 6.25. The predicted molar refractivity (Wildman–Crippen MR) is 161 cm³/mol. The van der Waals surface area contributed by atoms with Crippen molar-refractivity contribution in [1.82, 2.24) is 20.9 Å². The normalized spacial score (nSPS) is 15.4. The number of amides is 3. The molecule has 1 aliphatic heterocycles. The van der Waals surface area contributed by atoms with Gasteiger partial charge in [0.15, 0.2) is 12.6 Å². The van der Waals surface area contributed by atoms with Gasteiger partial charge in [0.1, 0.15) is 11.4 Å². The highest BCUT2D eigenvalue weighted by Gasteiger charge is 2.24. The van der Waals surface area contributed by atoms with E-state index in [1.54, 1.807) is 44.3 Å². The van der Waals surface area contributed by atoms with Crippen LogP contribution in [0.4, 0.5) is 0 Å². The molecule has 1 saturated heterocycles. The van der Waals surface area contributed by atoms with Gasteiger partial charge in [0, 0.05) is 29.7 Å². The molecular formula is C32H38N4O6. The van der Waals surface area contributed by atoms with Crippen LogP contribution in [0, 0.1) is 0 Å². The molecule has 3 N–H and O–H groups in total. The summed E-state index contributed by atoms with van der Waals surface area (Å²) in [5.41, 5.74) is 3.32. The highest BCUT2D eigenvalue weighted by Crippen LogP contribution is 2.27. The van der Waals surface area contributed by atoms with Gasteiger partial charge < -0.3 is 15.4 Å². The number of rotatable bonds is 12. The summed E-state index contributed by atoms with van der Waals surface area (Å²) in [6.45, 7) is 6.46. The van der Waals surface area contributed by atoms with Crippen molar-refractivity contribution in [2.75, 3.05) is 20.2 Å². The number of aryl methyl sites for hydroxylation is 1. The summed E-state index contributed by atoms with van der Waals surface area (Å²) in [6.07, 6.45) is 9.56. The minimum atomic E-state index is -0.381. The zero-order valence-corrected chi connectivity index (χ0v) is 24.4. The fraction of sp³-hybridized carbons (Fsp3) is 0.312. The van der Waals surface area contributed by atoms with Crippen molar-refractivity contribution in [3.05, 3.63) is 83.1 Å². The van der Waals surface area contributed by atoms with Gasteiger partial charge in [-0.3, -0.25) is 29.3 Å².